The van der Waals surface area contributed by atoms with Crippen LogP contribution in [0.3, 0.4) is 0 Å². The van der Waals surface area contributed by atoms with E-state index in [1.807, 2.05) is 18.2 Å². The monoisotopic (exact) mass is 398 g/mol. The number of carboxylic acid groups (broad SMARTS) is 1. The van der Waals surface area contributed by atoms with Crippen LogP contribution in [0.2, 0.25) is 0 Å². The van der Waals surface area contributed by atoms with Gasteiger partial charge in [-0.1, -0.05) is 18.2 Å². The maximum Gasteiger partial charge on any atom is 0.304 e. The third kappa shape index (κ3) is 7.50. The number of aliphatic hydroxyl groups is 2. The molecule has 3 N–H and O–H groups in total. The fourth-order valence-electron chi connectivity index (χ4n) is 2.93. The molecule has 1 aromatic rings. The van der Waals surface area contributed by atoms with Gasteiger partial charge >= 0.3 is 5.97 Å². The van der Waals surface area contributed by atoms with Crippen molar-refractivity contribution in [2.45, 2.75) is 37.6 Å². The van der Waals surface area contributed by atoms with Gasteiger partial charge in [0.1, 0.15) is 24.2 Å². The first-order valence-corrected chi connectivity index (χ1v) is 10.1. The van der Waals surface area contributed by atoms with Crippen LogP contribution in [0.25, 0.3) is 0 Å². The molecule has 0 aromatic heterocycles. The fourth-order valence-corrected chi connectivity index (χ4v) is 3.87. The molecule has 0 heterocycles. The van der Waals surface area contributed by atoms with Gasteiger partial charge in [0.05, 0.1) is 25.2 Å². The van der Waals surface area contributed by atoms with E-state index in [1.54, 1.807) is 12.1 Å². The second kappa shape index (κ2) is 11.3. The Morgan fingerprint density at radius 2 is 1.96 bits per heavy atom. The van der Waals surface area contributed by atoms with Crippen LogP contribution in [-0.2, 0) is 14.3 Å². The van der Waals surface area contributed by atoms with Gasteiger partial charge in [0.15, 0.2) is 0 Å². The SMILES string of the molecule is O=C(O)CCSCCC1C(=O)CC(O)C1OCC(O)COc1ccccc1. The maximum atomic E-state index is 12.1. The van der Waals surface area contributed by atoms with Crippen LogP contribution in [0.4, 0.5) is 0 Å². The van der Waals surface area contributed by atoms with Crippen LogP contribution in [0.1, 0.15) is 19.3 Å². The highest BCUT2D eigenvalue weighted by Gasteiger charge is 2.42. The van der Waals surface area contributed by atoms with Crippen molar-refractivity contribution < 1.29 is 34.4 Å². The summed E-state index contributed by atoms with van der Waals surface area (Å²) in [5.41, 5.74) is 0. The van der Waals surface area contributed by atoms with E-state index >= 15 is 0 Å². The van der Waals surface area contributed by atoms with Gasteiger partial charge in [-0.25, -0.2) is 0 Å². The number of carbonyl (C=O) groups is 2. The molecule has 27 heavy (non-hydrogen) atoms. The first kappa shape index (κ1) is 21.7. The summed E-state index contributed by atoms with van der Waals surface area (Å²) in [5, 5.41) is 28.7. The number of carboxylic acids is 1. The number of hydrogen-bond donors (Lipinski definition) is 3. The first-order chi connectivity index (χ1) is 13.0. The highest BCUT2D eigenvalue weighted by Crippen LogP contribution is 2.30. The van der Waals surface area contributed by atoms with Gasteiger partial charge in [0, 0.05) is 18.1 Å². The van der Waals surface area contributed by atoms with E-state index < -0.39 is 30.2 Å². The number of thioether (sulfide) groups is 1. The standard InChI is InChI=1S/C19H26O7S/c20-13(11-25-14-4-2-1-3-5-14)12-26-19-15(16(21)10-17(19)22)6-8-27-9-7-18(23)24/h1-5,13,15,17,19-20,22H,6-12H2,(H,23,24). The molecule has 0 amide bonds. The van der Waals surface area contributed by atoms with Gasteiger partial charge in [0.25, 0.3) is 0 Å². The Labute approximate surface area is 162 Å². The second-order valence-electron chi connectivity index (χ2n) is 6.46. The minimum absolute atomic E-state index is 0.0372. The van der Waals surface area contributed by atoms with Crippen LogP contribution in [0.5, 0.6) is 5.75 Å². The zero-order valence-corrected chi connectivity index (χ0v) is 15.8. The minimum Gasteiger partial charge on any atom is -0.491 e. The molecule has 1 fully saturated rings. The lowest BCUT2D eigenvalue weighted by molar-refractivity contribution is -0.136. The molecule has 1 saturated carbocycles. The summed E-state index contributed by atoms with van der Waals surface area (Å²) in [6.07, 6.45) is -1.76. The van der Waals surface area contributed by atoms with E-state index in [9.17, 15) is 19.8 Å². The first-order valence-electron chi connectivity index (χ1n) is 8.95. The number of para-hydroxylation sites is 1. The maximum absolute atomic E-state index is 12.1. The van der Waals surface area contributed by atoms with Crippen molar-refractivity contribution in [3.05, 3.63) is 30.3 Å². The molecule has 0 spiro atoms. The van der Waals surface area contributed by atoms with Gasteiger partial charge in [-0.15, -0.1) is 0 Å². The van der Waals surface area contributed by atoms with E-state index in [0.29, 0.717) is 23.7 Å². The smallest absolute Gasteiger partial charge is 0.304 e. The summed E-state index contributed by atoms with van der Waals surface area (Å²) in [6, 6.07) is 9.09. The molecule has 7 nitrogen and oxygen atoms in total. The molecule has 150 valence electrons. The normalized spacial score (nSPS) is 23.3. The Bertz CT molecular complexity index is 595. The van der Waals surface area contributed by atoms with Crippen molar-refractivity contribution in [3.63, 3.8) is 0 Å². The lowest BCUT2D eigenvalue weighted by Gasteiger charge is -2.23. The quantitative estimate of drug-likeness (QED) is 0.452. The third-order valence-electron chi connectivity index (χ3n) is 4.30. The van der Waals surface area contributed by atoms with Crippen molar-refractivity contribution in [1.29, 1.82) is 0 Å². The molecule has 2 rings (SSSR count). The Kier molecular flexibility index (Phi) is 9.06. The van der Waals surface area contributed by atoms with Gasteiger partial charge < -0.3 is 24.8 Å². The Morgan fingerprint density at radius 1 is 1.22 bits per heavy atom. The number of benzene rings is 1. The zero-order chi connectivity index (χ0) is 19.6. The molecular formula is C19H26O7S. The van der Waals surface area contributed by atoms with E-state index in [2.05, 4.69) is 0 Å². The summed E-state index contributed by atoms with van der Waals surface area (Å²) < 4.78 is 11.1. The van der Waals surface area contributed by atoms with Crippen molar-refractivity contribution >= 4 is 23.5 Å². The van der Waals surface area contributed by atoms with Crippen LogP contribution >= 0.6 is 11.8 Å². The minimum atomic E-state index is -0.881. The zero-order valence-electron chi connectivity index (χ0n) is 15.0. The van der Waals surface area contributed by atoms with Crippen LogP contribution in [0.15, 0.2) is 30.3 Å². The van der Waals surface area contributed by atoms with Crippen molar-refractivity contribution in [1.82, 2.24) is 0 Å². The third-order valence-corrected chi connectivity index (χ3v) is 5.32. The Hall–Kier alpha value is -1.61. The lowest BCUT2D eigenvalue weighted by atomic mass is 10.0. The molecule has 4 atom stereocenters. The van der Waals surface area contributed by atoms with Crippen LogP contribution < -0.4 is 4.74 Å². The van der Waals surface area contributed by atoms with Crippen LogP contribution in [-0.4, -0.2) is 70.1 Å². The summed E-state index contributed by atoms with van der Waals surface area (Å²) in [6.45, 7) is 0.0149. The van der Waals surface area contributed by atoms with E-state index in [1.165, 1.54) is 11.8 Å². The molecule has 0 saturated heterocycles. The molecule has 1 aromatic carbocycles. The van der Waals surface area contributed by atoms with E-state index in [-0.39, 0.29) is 31.8 Å². The molecular weight excluding hydrogens is 372 g/mol. The summed E-state index contributed by atoms with van der Waals surface area (Å²) in [5.74, 6) is 0.420. The fraction of sp³-hybridized carbons (Fsp3) is 0.579. The largest absolute Gasteiger partial charge is 0.491 e. The predicted octanol–water partition coefficient (Wildman–Crippen LogP) is 1.36. The molecule has 8 heteroatoms. The highest BCUT2D eigenvalue weighted by molar-refractivity contribution is 7.99. The topological polar surface area (TPSA) is 113 Å². The molecule has 0 bridgehead atoms. The summed E-state index contributed by atoms with van der Waals surface area (Å²) in [4.78, 5) is 22.6. The number of rotatable bonds is 12. The number of aliphatic carboxylic acids is 1. The molecule has 4 unspecified atom stereocenters. The van der Waals surface area contributed by atoms with Gasteiger partial charge in [0.2, 0.25) is 0 Å². The molecule has 1 aliphatic rings. The molecule has 0 radical (unpaired) electrons. The van der Waals surface area contributed by atoms with Crippen molar-refractivity contribution in [2.75, 3.05) is 24.7 Å². The summed E-state index contributed by atoms with van der Waals surface area (Å²) in [7, 11) is 0. The highest BCUT2D eigenvalue weighted by atomic mass is 32.2. The van der Waals surface area contributed by atoms with E-state index in [0.717, 1.165) is 0 Å². The summed E-state index contributed by atoms with van der Waals surface area (Å²) >= 11 is 1.46. The number of hydrogen-bond acceptors (Lipinski definition) is 7. The second-order valence-corrected chi connectivity index (χ2v) is 7.69. The van der Waals surface area contributed by atoms with Crippen LogP contribution in [0, 0.1) is 5.92 Å². The van der Waals surface area contributed by atoms with Gasteiger partial charge in [-0.3, -0.25) is 9.59 Å². The predicted molar refractivity (Wildman–Crippen MR) is 101 cm³/mol. The number of ether oxygens (including phenoxy) is 2. The van der Waals surface area contributed by atoms with Gasteiger partial charge in [-0.05, 0) is 24.3 Å². The Morgan fingerprint density at radius 3 is 2.67 bits per heavy atom. The van der Waals surface area contributed by atoms with Crippen molar-refractivity contribution in [3.8, 4) is 5.75 Å². The van der Waals surface area contributed by atoms with Crippen molar-refractivity contribution in [2.24, 2.45) is 5.92 Å². The van der Waals surface area contributed by atoms with E-state index in [4.69, 9.17) is 14.6 Å². The average molecular weight is 398 g/mol. The number of Topliss-reactive ketones (excluding diaryl/α,β-unsaturated/α-hetero) is 1. The average Bonchev–Trinajstić information content (AvgIpc) is 2.91. The number of aliphatic hydroxyl groups excluding tert-OH is 2. The van der Waals surface area contributed by atoms with Gasteiger partial charge in [-0.2, -0.15) is 11.8 Å². The Balaban J connectivity index is 1.73. The molecule has 0 aliphatic heterocycles. The number of carbonyl (C=O) groups excluding carboxylic acids is 1. The molecule has 1 aliphatic carbocycles. The number of ketones is 1. The lowest BCUT2D eigenvalue weighted by Crippen LogP contribution is -2.34.